The van der Waals surface area contributed by atoms with Crippen LogP contribution in [0, 0.1) is 10.1 Å². The van der Waals surface area contributed by atoms with Gasteiger partial charge in [-0.15, -0.1) is 0 Å². The van der Waals surface area contributed by atoms with Crippen molar-refractivity contribution in [2.75, 3.05) is 31.6 Å². The summed E-state index contributed by atoms with van der Waals surface area (Å²) in [6.45, 7) is 3.95. The second-order valence-corrected chi connectivity index (χ2v) is 7.71. The van der Waals surface area contributed by atoms with E-state index in [1.807, 2.05) is 12.1 Å². The highest BCUT2D eigenvalue weighted by atomic mass is 16.6. The van der Waals surface area contributed by atoms with Gasteiger partial charge in [0.05, 0.1) is 53.2 Å². The maximum atomic E-state index is 12.7. The number of nitro groups is 1. The molecule has 11 heteroatoms. The average Bonchev–Trinajstić information content (AvgIpc) is 3.47. The zero-order chi connectivity index (χ0) is 22.8. The van der Waals surface area contributed by atoms with Gasteiger partial charge in [0, 0.05) is 37.1 Å². The van der Waals surface area contributed by atoms with Crippen molar-refractivity contribution >= 4 is 28.3 Å². The molecule has 0 saturated carbocycles. The van der Waals surface area contributed by atoms with E-state index in [9.17, 15) is 14.9 Å². The molecule has 1 fully saturated rings. The van der Waals surface area contributed by atoms with Gasteiger partial charge in [-0.1, -0.05) is 0 Å². The Morgan fingerprint density at radius 3 is 2.73 bits per heavy atom. The number of morpholine rings is 1. The van der Waals surface area contributed by atoms with E-state index in [1.165, 1.54) is 23.0 Å². The molecule has 33 heavy (non-hydrogen) atoms. The molecule has 0 radical (unpaired) electrons. The standard InChI is InChI=1S/C22H21N7O4/c30-22(15-12-23-28(13-15)17-2-4-18(5-3-17)29(31)32)24-16-1-6-19-20(11-16)26-21(25-19)14-27-7-9-33-10-8-27/h1-6,11-13H,7-10,14H2,(H,24,30)(H,25,26). The quantitative estimate of drug-likeness (QED) is 0.343. The van der Waals surface area contributed by atoms with Crippen molar-refractivity contribution in [3.05, 3.63) is 76.4 Å². The number of carbonyl (C=O) groups is 1. The smallest absolute Gasteiger partial charge is 0.269 e. The molecule has 2 N–H and O–H groups in total. The van der Waals surface area contributed by atoms with E-state index in [1.54, 1.807) is 24.4 Å². The monoisotopic (exact) mass is 447 g/mol. The number of nitrogens with zero attached hydrogens (tertiary/aromatic N) is 5. The van der Waals surface area contributed by atoms with Gasteiger partial charge in [0.1, 0.15) is 5.82 Å². The molecular formula is C22H21N7O4. The summed E-state index contributed by atoms with van der Waals surface area (Å²) in [4.78, 5) is 33.3. The lowest BCUT2D eigenvalue weighted by molar-refractivity contribution is -0.384. The molecule has 1 aliphatic rings. The van der Waals surface area contributed by atoms with Crippen LogP contribution in [0.15, 0.2) is 54.9 Å². The van der Waals surface area contributed by atoms with Gasteiger partial charge in [-0.2, -0.15) is 5.10 Å². The summed E-state index contributed by atoms with van der Waals surface area (Å²) in [6.07, 6.45) is 3.03. The number of nitrogens with one attached hydrogen (secondary N) is 2. The fourth-order valence-corrected chi connectivity index (χ4v) is 3.70. The van der Waals surface area contributed by atoms with E-state index in [4.69, 9.17) is 4.74 Å². The minimum Gasteiger partial charge on any atom is -0.379 e. The van der Waals surface area contributed by atoms with Crippen molar-refractivity contribution < 1.29 is 14.5 Å². The molecule has 11 nitrogen and oxygen atoms in total. The molecule has 0 bridgehead atoms. The predicted molar refractivity (Wildman–Crippen MR) is 120 cm³/mol. The van der Waals surface area contributed by atoms with Gasteiger partial charge in [-0.3, -0.25) is 19.8 Å². The Balaban J connectivity index is 1.27. The number of anilines is 1. The highest BCUT2D eigenvalue weighted by molar-refractivity contribution is 6.04. The Bertz CT molecular complexity index is 1310. The average molecular weight is 447 g/mol. The third-order valence-electron chi connectivity index (χ3n) is 5.44. The molecule has 2 aromatic heterocycles. The lowest BCUT2D eigenvalue weighted by atomic mass is 10.2. The van der Waals surface area contributed by atoms with Crippen LogP contribution < -0.4 is 5.32 Å². The van der Waals surface area contributed by atoms with E-state index in [2.05, 4.69) is 25.3 Å². The first-order chi connectivity index (χ1) is 16.0. The summed E-state index contributed by atoms with van der Waals surface area (Å²) in [5, 5.41) is 17.9. The van der Waals surface area contributed by atoms with Gasteiger partial charge in [-0.05, 0) is 30.3 Å². The molecule has 0 unspecified atom stereocenters. The Morgan fingerprint density at radius 1 is 1.18 bits per heavy atom. The third-order valence-corrected chi connectivity index (χ3v) is 5.44. The second kappa shape index (κ2) is 8.81. The number of hydrogen-bond donors (Lipinski definition) is 2. The molecule has 1 saturated heterocycles. The van der Waals surface area contributed by atoms with Crippen LogP contribution in [0.25, 0.3) is 16.7 Å². The molecule has 4 aromatic rings. The zero-order valence-corrected chi connectivity index (χ0v) is 17.6. The number of rotatable bonds is 6. The zero-order valence-electron chi connectivity index (χ0n) is 17.6. The number of non-ortho nitro benzene ring substituents is 1. The van der Waals surface area contributed by atoms with Crippen molar-refractivity contribution in [1.29, 1.82) is 0 Å². The Kier molecular flexibility index (Phi) is 5.55. The fourth-order valence-electron chi connectivity index (χ4n) is 3.70. The summed E-state index contributed by atoms with van der Waals surface area (Å²) < 4.78 is 6.88. The summed E-state index contributed by atoms with van der Waals surface area (Å²) in [6, 6.07) is 11.5. The molecule has 3 heterocycles. The first-order valence-corrected chi connectivity index (χ1v) is 10.4. The van der Waals surface area contributed by atoms with Crippen LogP contribution in [-0.4, -0.2) is 61.8 Å². The van der Waals surface area contributed by atoms with Gasteiger partial charge in [0.25, 0.3) is 11.6 Å². The van der Waals surface area contributed by atoms with Gasteiger partial charge < -0.3 is 15.0 Å². The van der Waals surface area contributed by atoms with Crippen LogP contribution in [0.1, 0.15) is 16.2 Å². The molecule has 168 valence electrons. The molecule has 2 aromatic carbocycles. The van der Waals surface area contributed by atoms with Gasteiger partial charge in [0.15, 0.2) is 0 Å². The van der Waals surface area contributed by atoms with Gasteiger partial charge >= 0.3 is 0 Å². The first-order valence-electron chi connectivity index (χ1n) is 10.4. The molecule has 0 aliphatic carbocycles. The molecule has 1 aliphatic heterocycles. The highest BCUT2D eigenvalue weighted by Crippen LogP contribution is 2.20. The van der Waals surface area contributed by atoms with E-state index in [0.717, 1.165) is 49.7 Å². The van der Waals surface area contributed by atoms with Gasteiger partial charge in [-0.25, -0.2) is 9.67 Å². The summed E-state index contributed by atoms with van der Waals surface area (Å²) in [7, 11) is 0. The number of amides is 1. The number of benzene rings is 2. The van der Waals surface area contributed by atoms with Crippen molar-refractivity contribution in [1.82, 2.24) is 24.6 Å². The first kappa shape index (κ1) is 20.8. The number of fused-ring (bicyclic) bond motifs is 1. The number of nitro benzene ring substituents is 1. The van der Waals surface area contributed by atoms with Crippen LogP contribution in [-0.2, 0) is 11.3 Å². The van der Waals surface area contributed by atoms with Crippen molar-refractivity contribution in [2.45, 2.75) is 6.54 Å². The fraction of sp³-hybridized carbons (Fsp3) is 0.227. The Morgan fingerprint density at radius 2 is 1.97 bits per heavy atom. The lowest BCUT2D eigenvalue weighted by Crippen LogP contribution is -2.35. The van der Waals surface area contributed by atoms with E-state index in [0.29, 0.717) is 16.9 Å². The van der Waals surface area contributed by atoms with E-state index < -0.39 is 4.92 Å². The summed E-state index contributed by atoms with van der Waals surface area (Å²) in [5.41, 5.74) is 3.29. The van der Waals surface area contributed by atoms with E-state index >= 15 is 0 Å². The normalized spacial score (nSPS) is 14.4. The SMILES string of the molecule is O=C(Nc1ccc2nc(CN3CCOCC3)[nH]c2c1)c1cnn(-c2ccc([N+](=O)[O-])cc2)c1. The minimum absolute atomic E-state index is 0.00817. The number of hydrogen-bond acceptors (Lipinski definition) is 7. The Hall–Kier alpha value is -4.09. The van der Waals surface area contributed by atoms with Crippen molar-refractivity contribution in [3.63, 3.8) is 0 Å². The molecule has 0 spiro atoms. The second-order valence-electron chi connectivity index (χ2n) is 7.71. The van der Waals surface area contributed by atoms with Gasteiger partial charge in [0.2, 0.25) is 0 Å². The number of imidazole rings is 1. The van der Waals surface area contributed by atoms with Crippen LogP contribution in [0.2, 0.25) is 0 Å². The van der Waals surface area contributed by atoms with Crippen LogP contribution in [0.5, 0.6) is 0 Å². The van der Waals surface area contributed by atoms with Crippen LogP contribution >= 0.6 is 0 Å². The predicted octanol–water partition coefficient (Wildman–Crippen LogP) is 2.74. The summed E-state index contributed by atoms with van der Waals surface area (Å²) in [5.74, 6) is 0.565. The number of aromatic nitrogens is 4. The van der Waals surface area contributed by atoms with Crippen LogP contribution in [0.4, 0.5) is 11.4 Å². The van der Waals surface area contributed by atoms with Crippen molar-refractivity contribution in [2.24, 2.45) is 0 Å². The molecule has 5 rings (SSSR count). The summed E-state index contributed by atoms with van der Waals surface area (Å²) >= 11 is 0. The van der Waals surface area contributed by atoms with E-state index in [-0.39, 0.29) is 11.6 Å². The number of aromatic amines is 1. The largest absolute Gasteiger partial charge is 0.379 e. The lowest BCUT2D eigenvalue weighted by Gasteiger charge is -2.25. The maximum absolute atomic E-state index is 12.7. The Labute approximate surface area is 188 Å². The maximum Gasteiger partial charge on any atom is 0.269 e. The number of H-pyrrole nitrogens is 1. The third kappa shape index (κ3) is 4.59. The highest BCUT2D eigenvalue weighted by Gasteiger charge is 2.15. The van der Waals surface area contributed by atoms with Crippen LogP contribution in [0.3, 0.4) is 0 Å². The minimum atomic E-state index is -0.464. The topological polar surface area (TPSA) is 131 Å². The number of carbonyl (C=O) groups excluding carboxylic acids is 1. The molecule has 0 atom stereocenters. The van der Waals surface area contributed by atoms with Crippen molar-refractivity contribution in [3.8, 4) is 5.69 Å². The molecule has 1 amide bonds. The molecular weight excluding hydrogens is 426 g/mol. The number of ether oxygens (including phenoxy) is 1.